The Morgan fingerprint density at radius 3 is 2.60 bits per heavy atom. The molecule has 0 unspecified atom stereocenters. The number of unbranched alkanes of at least 4 members (excludes halogenated alkanes) is 3. The summed E-state index contributed by atoms with van der Waals surface area (Å²) in [4.78, 5) is 12.1. The Hall–Kier alpha value is -0.370. The molecule has 2 atom stereocenters. The third-order valence-corrected chi connectivity index (χ3v) is 5.61. The Balaban J connectivity index is 1.69. The van der Waals surface area contributed by atoms with Gasteiger partial charge in [-0.15, -0.1) is 0 Å². The van der Waals surface area contributed by atoms with Crippen LogP contribution in [0.15, 0.2) is 0 Å². The van der Waals surface area contributed by atoms with E-state index in [0.717, 1.165) is 32.1 Å². The topological polar surface area (TPSA) is 37.3 Å². The Bertz CT molecular complexity index is 329. The van der Waals surface area contributed by atoms with Crippen LogP contribution in [0.5, 0.6) is 0 Å². The molecule has 2 aliphatic carbocycles. The first kappa shape index (κ1) is 16.0. The predicted molar refractivity (Wildman–Crippen MR) is 82.6 cm³/mol. The van der Waals surface area contributed by atoms with Gasteiger partial charge in [-0.25, -0.2) is 0 Å². The van der Waals surface area contributed by atoms with Gasteiger partial charge in [0.2, 0.25) is 0 Å². The van der Waals surface area contributed by atoms with Crippen LogP contribution in [-0.4, -0.2) is 16.5 Å². The number of carbonyl (C=O) groups is 1. The molecule has 116 valence electrons. The molecular formula is C18H32O2. The van der Waals surface area contributed by atoms with Crippen molar-refractivity contribution in [2.45, 2.75) is 96.5 Å². The van der Waals surface area contributed by atoms with Crippen molar-refractivity contribution in [2.24, 2.45) is 11.3 Å². The molecule has 0 amide bonds. The van der Waals surface area contributed by atoms with Crippen LogP contribution >= 0.6 is 0 Å². The van der Waals surface area contributed by atoms with Crippen LogP contribution in [0, 0.1) is 11.3 Å². The first-order valence-electron chi connectivity index (χ1n) is 8.68. The van der Waals surface area contributed by atoms with Gasteiger partial charge in [-0.3, -0.25) is 4.79 Å². The van der Waals surface area contributed by atoms with Crippen molar-refractivity contribution >= 4 is 5.78 Å². The SMILES string of the molecule is CC(C)(O)CCCCCC[C@]12CCCC(=O)[C@@H]1CCC2. The zero-order valence-corrected chi connectivity index (χ0v) is 13.4. The van der Waals surface area contributed by atoms with Gasteiger partial charge in [0.15, 0.2) is 0 Å². The number of carbonyl (C=O) groups excluding carboxylic acids is 1. The summed E-state index contributed by atoms with van der Waals surface area (Å²) >= 11 is 0. The number of rotatable bonds is 7. The van der Waals surface area contributed by atoms with Crippen LogP contribution < -0.4 is 0 Å². The third kappa shape index (κ3) is 4.07. The fourth-order valence-electron chi connectivity index (χ4n) is 4.54. The predicted octanol–water partition coefficient (Wildman–Crippen LogP) is 4.64. The third-order valence-electron chi connectivity index (χ3n) is 5.61. The number of hydrogen-bond donors (Lipinski definition) is 1. The lowest BCUT2D eigenvalue weighted by atomic mass is 9.65. The molecule has 2 saturated carbocycles. The molecule has 0 aliphatic heterocycles. The minimum Gasteiger partial charge on any atom is -0.390 e. The smallest absolute Gasteiger partial charge is 0.136 e. The van der Waals surface area contributed by atoms with Gasteiger partial charge >= 0.3 is 0 Å². The second kappa shape index (κ2) is 6.60. The molecule has 0 saturated heterocycles. The first-order valence-corrected chi connectivity index (χ1v) is 8.68. The highest BCUT2D eigenvalue weighted by atomic mass is 16.3. The lowest BCUT2D eigenvalue weighted by molar-refractivity contribution is -0.129. The summed E-state index contributed by atoms with van der Waals surface area (Å²) in [6.45, 7) is 3.78. The van der Waals surface area contributed by atoms with Gasteiger partial charge in [0, 0.05) is 12.3 Å². The van der Waals surface area contributed by atoms with E-state index in [0.29, 0.717) is 17.1 Å². The zero-order chi connectivity index (χ0) is 14.6. The van der Waals surface area contributed by atoms with Gasteiger partial charge in [-0.05, 0) is 57.8 Å². The van der Waals surface area contributed by atoms with Crippen molar-refractivity contribution in [3.63, 3.8) is 0 Å². The van der Waals surface area contributed by atoms with Crippen molar-refractivity contribution in [1.82, 2.24) is 0 Å². The molecule has 0 aromatic carbocycles. The van der Waals surface area contributed by atoms with Gasteiger partial charge in [-0.2, -0.15) is 0 Å². The van der Waals surface area contributed by atoms with Crippen LogP contribution in [0.4, 0.5) is 0 Å². The highest BCUT2D eigenvalue weighted by Crippen LogP contribution is 2.53. The largest absolute Gasteiger partial charge is 0.390 e. The lowest BCUT2D eigenvalue weighted by Crippen LogP contribution is -2.35. The van der Waals surface area contributed by atoms with Gasteiger partial charge < -0.3 is 5.11 Å². The quantitative estimate of drug-likeness (QED) is 0.690. The highest BCUT2D eigenvalue weighted by molar-refractivity contribution is 5.83. The normalized spacial score (nSPS) is 30.6. The maximum atomic E-state index is 12.1. The average Bonchev–Trinajstić information content (AvgIpc) is 2.78. The summed E-state index contributed by atoms with van der Waals surface area (Å²) in [6, 6.07) is 0. The van der Waals surface area contributed by atoms with Crippen molar-refractivity contribution < 1.29 is 9.90 Å². The fourth-order valence-corrected chi connectivity index (χ4v) is 4.54. The Morgan fingerprint density at radius 2 is 1.85 bits per heavy atom. The molecule has 20 heavy (non-hydrogen) atoms. The van der Waals surface area contributed by atoms with E-state index in [1.54, 1.807) is 0 Å². The average molecular weight is 280 g/mol. The van der Waals surface area contributed by atoms with Crippen molar-refractivity contribution in [3.8, 4) is 0 Å². The van der Waals surface area contributed by atoms with Gasteiger partial charge in [0.25, 0.3) is 0 Å². The monoisotopic (exact) mass is 280 g/mol. The summed E-state index contributed by atoms with van der Waals surface area (Å²) in [5.41, 5.74) is -0.114. The summed E-state index contributed by atoms with van der Waals surface area (Å²) in [7, 11) is 0. The Morgan fingerprint density at radius 1 is 1.15 bits per heavy atom. The van der Waals surface area contributed by atoms with Crippen molar-refractivity contribution in [1.29, 1.82) is 0 Å². The van der Waals surface area contributed by atoms with E-state index in [-0.39, 0.29) is 0 Å². The molecule has 0 aromatic heterocycles. The Labute approximate surface area is 124 Å². The molecule has 1 N–H and O–H groups in total. The van der Waals surface area contributed by atoms with Gasteiger partial charge in [0.05, 0.1) is 5.60 Å². The summed E-state index contributed by atoms with van der Waals surface area (Å²) in [5.74, 6) is 0.975. The molecular weight excluding hydrogens is 248 g/mol. The van der Waals surface area contributed by atoms with E-state index in [9.17, 15) is 9.90 Å². The van der Waals surface area contributed by atoms with E-state index in [4.69, 9.17) is 0 Å². The van der Waals surface area contributed by atoms with E-state index >= 15 is 0 Å². The number of fused-ring (bicyclic) bond motifs is 1. The zero-order valence-electron chi connectivity index (χ0n) is 13.4. The van der Waals surface area contributed by atoms with Crippen LogP contribution in [0.2, 0.25) is 0 Å². The molecule has 0 aromatic rings. The maximum Gasteiger partial charge on any atom is 0.136 e. The van der Waals surface area contributed by atoms with Crippen LogP contribution in [0.3, 0.4) is 0 Å². The lowest BCUT2D eigenvalue weighted by Gasteiger charge is -2.38. The summed E-state index contributed by atoms with van der Waals surface area (Å²) in [6.07, 6.45) is 14.1. The van der Waals surface area contributed by atoms with Crippen molar-refractivity contribution in [2.75, 3.05) is 0 Å². The van der Waals surface area contributed by atoms with E-state index in [1.165, 1.54) is 44.9 Å². The van der Waals surface area contributed by atoms with Crippen LogP contribution in [0.1, 0.15) is 90.9 Å². The molecule has 2 nitrogen and oxygen atoms in total. The molecule has 0 heterocycles. The molecule has 2 fully saturated rings. The van der Waals surface area contributed by atoms with Crippen molar-refractivity contribution in [3.05, 3.63) is 0 Å². The van der Waals surface area contributed by atoms with E-state index < -0.39 is 5.60 Å². The number of hydrogen-bond acceptors (Lipinski definition) is 2. The number of Topliss-reactive ketones (excluding diaryl/α,β-unsaturated/α-hetero) is 1. The second-order valence-corrected chi connectivity index (χ2v) is 7.85. The fraction of sp³-hybridized carbons (Fsp3) is 0.944. The minimum atomic E-state index is -0.509. The highest BCUT2D eigenvalue weighted by Gasteiger charge is 2.47. The molecule has 2 heteroatoms. The summed E-state index contributed by atoms with van der Waals surface area (Å²) < 4.78 is 0. The second-order valence-electron chi connectivity index (χ2n) is 7.85. The molecule has 0 spiro atoms. The molecule has 2 rings (SSSR count). The minimum absolute atomic E-state index is 0.394. The van der Waals surface area contributed by atoms with E-state index in [1.807, 2.05) is 13.8 Å². The van der Waals surface area contributed by atoms with Crippen LogP contribution in [0.25, 0.3) is 0 Å². The Kier molecular flexibility index (Phi) is 5.28. The summed E-state index contributed by atoms with van der Waals surface area (Å²) in [5, 5.41) is 9.69. The molecule has 0 radical (unpaired) electrons. The first-order chi connectivity index (χ1) is 9.43. The maximum absolute atomic E-state index is 12.1. The van der Waals surface area contributed by atoms with Gasteiger partial charge in [-0.1, -0.05) is 32.1 Å². The van der Waals surface area contributed by atoms with Crippen LogP contribution in [-0.2, 0) is 4.79 Å². The standard InChI is InChI=1S/C18H32O2/c1-17(2,20)11-5-3-4-6-12-18-13-7-9-15(18)16(19)10-8-14-18/h15,20H,3-14H2,1-2H3/t15-,18-/m0/s1. The number of ketones is 1. The van der Waals surface area contributed by atoms with E-state index in [2.05, 4.69) is 0 Å². The molecule has 0 bridgehead atoms. The van der Waals surface area contributed by atoms with Gasteiger partial charge in [0.1, 0.15) is 5.78 Å². The number of aliphatic hydroxyl groups is 1. The molecule has 2 aliphatic rings.